The van der Waals surface area contributed by atoms with Crippen molar-refractivity contribution in [1.82, 2.24) is 4.90 Å². The Kier molecular flexibility index (Phi) is 2.88. The maximum absolute atomic E-state index is 10.6. The van der Waals surface area contributed by atoms with E-state index < -0.39 is 0 Å². The van der Waals surface area contributed by atoms with Crippen LogP contribution in [0, 0.1) is 0 Å². The Morgan fingerprint density at radius 3 is 2.73 bits per heavy atom. The van der Waals surface area contributed by atoms with Crippen LogP contribution in [-0.2, 0) is 9.53 Å². The molecule has 64 valence electrons. The van der Waals surface area contributed by atoms with Crippen molar-refractivity contribution in [2.75, 3.05) is 7.11 Å². The molecule has 11 heavy (non-hydrogen) atoms. The van der Waals surface area contributed by atoms with Crippen molar-refractivity contribution in [3.63, 3.8) is 0 Å². The minimum atomic E-state index is 0.0104. The third-order valence-corrected chi connectivity index (χ3v) is 2.31. The average molecular weight is 157 g/mol. The molecule has 1 aliphatic heterocycles. The Bertz CT molecular complexity index is 138. The van der Waals surface area contributed by atoms with E-state index in [9.17, 15) is 4.79 Å². The van der Waals surface area contributed by atoms with E-state index >= 15 is 0 Å². The van der Waals surface area contributed by atoms with Crippen molar-refractivity contribution in [2.24, 2.45) is 0 Å². The van der Waals surface area contributed by atoms with Crippen LogP contribution in [-0.4, -0.2) is 30.7 Å². The fourth-order valence-corrected chi connectivity index (χ4v) is 1.58. The second kappa shape index (κ2) is 3.72. The first-order valence-corrected chi connectivity index (χ1v) is 4.05. The van der Waals surface area contributed by atoms with Gasteiger partial charge in [0.25, 0.3) is 0 Å². The minimum absolute atomic E-state index is 0.0104. The molecule has 0 aliphatic carbocycles. The van der Waals surface area contributed by atoms with Crippen molar-refractivity contribution in [3.05, 3.63) is 0 Å². The molecule has 0 radical (unpaired) electrons. The highest BCUT2D eigenvalue weighted by molar-refractivity contribution is 5.48. The number of likely N-dealkylation sites (tertiary alicyclic amines) is 1. The van der Waals surface area contributed by atoms with Crippen LogP contribution in [0.25, 0.3) is 0 Å². The van der Waals surface area contributed by atoms with Crippen LogP contribution < -0.4 is 0 Å². The fourth-order valence-electron chi connectivity index (χ4n) is 1.58. The van der Waals surface area contributed by atoms with Gasteiger partial charge < -0.3 is 9.64 Å². The summed E-state index contributed by atoms with van der Waals surface area (Å²) in [7, 11) is 1.65. The van der Waals surface area contributed by atoms with Crippen molar-refractivity contribution in [1.29, 1.82) is 0 Å². The molecule has 0 aromatic carbocycles. The summed E-state index contributed by atoms with van der Waals surface area (Å²) in [5, 5.41) is 0. The molecule has 0 aromatic rings. The maximum Gasteiger partial charge on any atom is 0.211 e. The van der Waals surface area contributed by atoms with Crippen LogP contribution in [0.15, 0.2) is 0 Å². The molecule has 1 heterocycles. The summed E-state index contributed by atoms with van der Waals surface area (Å²) in [6.07, 6.45) is 4.12. The van der Waals surface area contributed by atoms with E-state index in [1.165, 1.54) is 0 Å². The lowest BCUT2D eigenvalue weighted by Crippen LogP contribution is -2.45. The number of piperidine rings is 1. The molecule has 3 heteroatoms. The molecule has 0 unspecified atom stereocenters. The summed E-state index contributed by atoms with van der Waals surface area (Å²) in [5.41, 5.74) is 0. The Morgan fingerprint density at radius 1 is 1.55 bits per heavy atom. The van der Waals surface area contributed by atoms with Gasteiger partial charge in [-0.2, -0.15) is 0 Å². The van der Waals surface area contributed by atoms with Crippen molar-refractivity contribution >= 4 is 6.41 Å². The molecule has 1 saturated heterocycles. The van der Waals surface area contributed by atoms with Gasteiger partial charge in [-0.3, -0.25) is 4.79 Å². The van der Waals surface area contributed by atoms with Gasteiger partial charge in [-0.15, -0.1) is 0 Å². The molecule has 0 aromatic heterocycles. The lowest BCUT2D eigenvalue weighted by Gasteiger charge is -2.36. The van der Waals surface area contributed by atoms with E-state index in [1.807, 2.05) is 0 Å². The standard InChI is InChI=1S/C8H15NO2/c1-7-4-3-5-8(11-2)9(7)6-10/h6-8H,3-5H2,1-2H3/t7-,8+/m0/s1. The Morgan fingerprint density at radius 2 is 2.27 bits per heavy atom. The summed E-state index contributed by atoms with van der Waals surface area (Å²) >= 11 is 0. The topological polar surface area (TPSA) is 29.5 Å². The first-order valence-electron chi connectivity index (χ1n) is 4.05. The number of rotatable bonds is 2. The van der Waals surface area contributed by atoms with Crippen LogP contribution in [0.5, 0.6) is 0 Å². The molecule has 0 N–H and O–H groups in total. The predicted molar refractivity (Wildman–Crippen MR) is 42.0 cm³/mol. The van der Waals surface area contributed by atoms with Gasteiger partial charge in [0, 0.05) is 13.2 Å². The molecular formula is C8H15NO2. The van der Waals surface area contributed by atoms with Crippen molar-refractivity contribution in [3.8, 4) is 0 Å². The zero-order chi connectivity index (χ0) is 8.27. The molecule has 1 aliphatic rings. The lowest BCUT2D eigenvalue weighted by molar-refractivity contribution is -0.139. The first kappa shape index (κ1) is 8.53. The van der Waals surface area contributed by atoms with Gasteiger partial charge in [0.1, 0.15) is 6.23 Å². The first-order chi connectivity index (χ1) is 5.29. The Balaban J connectivity index is 2.55. The molecule has 1 amide bonds. The number of hydrogen-bond donors (Lipinski definition) is 0. The van der Waals surface area contributed by atoms with E-state index in [0.29, 0.717) is 6.04 Å². The monoisotopic (exact) mass is 157 g/mol. The highest BCUT2D eigenvalue weighted by atomic mass is 16.5. The normalized spacial score (nSPS) is 32.0. The zero-order valence-corrected chi connectivity index (χ0v) is 7.12. The lowest BCUT2D eigenvalue weighted by atomic mass is 10.0. The van der Waals surface area contributed by atoms with Gasteiger partial charge in [0.15, 0.2) is 0 Å². The highest BCUT2D eigenvalue weighted by Crippen LogP contribution is 2.20. The van der Waals surface area contributed by atoms with Crippen LogP contribution in [0.3, 0.4) is 0 Å². The molecule has 3 nitrogen and oxygen atoms in total. The SMILES string of the molecule is CO[C@@H]1CCC[C@H](C)N1C=O. The number of carbonyl (C=O) groups excluding carboxylic acids is 1. The minimum Gasteiger partial charge on any atom is -0.362 e. The smallest absolute Gasteiger partial charge is 0.211 e. The summed E-state index contributed by atoms with van der Waals surface area (Å²) in [6.45, 7) is 2.06. The highest BCUT2D eigenvalue weighted by Gasteiger charge is 2.25. The third kappa shape index (κ3) is 1.71. The molecular weight excluding hydrogens is 142 g/mol. The fraction of sp³-hybridized carbons (Fsp3) is 0.875. The number of carbonyl (C=O) groups is 1. The molecule has 0 saturated carbocycles. The van der Waals surface area contributed by atoms with E-state index in [-0.39, 0.29) is 6.23 Å². The maximum atomic E-state index is 10.6. The van der Waals surface area contributed by atoms with Crippen LogP contribution in [0.1, 0.15) is 26.2 Å². The summed E-state index contributed by atoms with van der Waals surface area (Å²) < 4.78 is 5.16. The number of amides is 1. The third-order valence-electron chi connectivity index (χ3n) is 2.31. The summed E-state index contributed by atoms with van der Waals surface area (Å²) in [6, 6.07) is 0.339. The predicted octanol–water partition coefficient (Wildman–Crippen LogP) is 0.990. The van der Waals surface area contributed by atoms with Gasteiger partial charge in [0.2, 0.25) is 6.41 Å². The van der Waals surface area contributed by atoms with Crippen molar-refractivity contribution < 1.29 is 9.53 Å². The number of ether oxygens (including phenoxy) is 1. The second-order valence-corrected chi connectivity index (χ2v) is 3.02. The van der Waals surface area contributed by atoms with Crippen molar-refractivity contribution in [2.45, 2.75) is 38.5 Å². The molecule has 1 fully saturated rings. The van der Waals surface area contributed by atoms with E-state index in [4.69, 9.17) is 4.74 Å². The summed E-state index contributed by atoms with van der Waals surface area (Å²) in [5.74, 6) is 0. The van der Waals surface area contributed by atoms with Gasteiger partial charge in [-0.1, -0.05) is 0 Å². The molecule has 1 rings (SSSR count). The number of methoxy groups -OCH3 is 1. The summed E-state index contributed by atoms with van der Waals surface area (Å²) in [4.78, 5) is 12.3. The van der Waals surface area contributed by atoms with E-state index in [0.717, 1.165) is 25.7 Å². The van der Waals surface area contributed by atoms with Crippen LogP contribution in [0.4, 0.5) is 0 Å². The van der Waals surface area contributed by atoms with Crippen LogP contribution in [0.2, 0.25) is 0 Å². The second-order valence-electron chi connectivity index (χ2n) is 3.02. The molecule has 0 spiro atoms. The van der Waals surface area contributed by atoms with E-state index in [2.05, 4.69) is 6.92 Å². The quantitative estimate of drug-likeness (QED) is 0.559. The Labute approximate surface area is 67.3 Å². The number of nitrogens with zero attached hydrogens (tertiary/aromatic N) is 1. The van der Waals surface area contributed by atoms with E-state index in [1.54, 1.807) is 12.0 Å². The zero-order valence-electron chi connectivity index (χ0n) is 7.12. The van der Waals surface area contributed by atoms with Gasteiger partial charge in [0.05, 0.1) is 0 Å². The largest absolute Gasteiger partial charge is 0.362 e. The Hall–Kier alpha value is -0.570. The van der Waals surface area contributed by atoms with Gasteiger partial charge in [-0.05, 0) is 26.2 Å². The van der Waals surface area contributed by atoms with Crippen LogP contribution >= 0.6 is 0 Å². The van der Waals surface area contributed by atoms with Gasteiger partial charge >= 0.3 is 0 Å². The molecule has 2 atom stereocenters. The van der Waals surface area contributed by atoms with Gasteiger partial charge in [-0.25, -0.2) is 0 Å². The average Bonchev–Trinajstić information content (AvgIpc) is 2.04. The number of hydrogen-bond acceptors (Lipinski definition) is 2. The molecule has 0 bridgehead atoms.